The average molecular weight is 172 g/mol. The minimum atomic E-state index is -0.496. The lowest BCUT2D eigenvalue weighted by atomic mass is 10.2. The zero-order chi connectivity index (χ0) is 7.82. The van der Waals surface area contributed by atoms with Crippen LogP contribution in [0.15, 0.2) is 0 Å². The summed E-state index contributed by atoms with van der Waals surface area (Å²) < 4.78 is 5.04. The molecule has 0 saturated heterocycles. The van der Waals surface area contributed by atoms with Crippen molar-refractivity contribution >= 4 is 19.5 Å². The monoisotopic (exact) mass is 172 g/mol. The number of rotatable bonds is 6. The lowest BCUT2D eigenvalue weighted by Gasteiger charge is -2.04. The van der Waals surface area contributed by atoms with Crippen LogP contribution in [-0.2, 0) is 4.12 Å². The molecular formula is C7H16OSi2. The fourth-order valence-electron chi connectivity index (χ4n) is 0.852. The van der Waals surface area contributed by atoms with Crippen molar-refractivity contribution in [3.05, 3.63) is 0 Å². The molecule has 3 heteroatoms. The van der Waals surface area contributed by atoms with Gasteiger partial charge in [0.25, 0.3) is 0 Å². The Labute approximate surface area is 69.4 Å². The fourth-order valence-corrected chi connectivity index (χ4v) is 2.01. The average Bonchev–Trinajstić information content (AvgIpc) is 1.98. The molecule has 0 bridgehead atoms. The van der Waals surface area contributed by atoms with Crippen molar-refractivity contribution in [1.29, 1.82) is 0 Å². The third kappa shape index (κ3) is 6.51. The highest BCUT2D eigenvalue weighted by Crippen LogP contribution is 2.05. The minimum absolute atomic E-state index is 0.496. The molecule has 0 unspecified atom stereocenters. The maximum Gasteiger partial charge on any atom is 0.229 e. The van der Waals surface area contributed by atoms with Crippen LogP contribution in [0.2, 0.25) is 12.6 Å². The molecule has 0 N–H and O–H groups in total. The summed E-state index contributed by atoms with van der Waals surface area (Å²) in [7, 11) is 2.58. The molecule has 0 rings (SSSR count). The van der Waals surface area contributed by atoms with Crippen molar-refractivity contribution in [1.82, 2.24) is 0 Å². The van der Waals surface area contributed by atoms with E-state index in [0.717, 1.165) is 0 Å². The van der Waals surface area contributed by atoms with Gasteiger partial charge in [-0.15, -0.1) is 0 Å². The van der Waals surface area contributed by atoms with Crippen LogP contribution >= 0.6 is 0 Å². The number of hydrogen-bond acceptors (Lipinski definition) is 1. The Morgan fingerprint density at radius 1 is 1.30 bits per heavy atom. The van der Waals surface area contributed by atoms with Gasteiger partial charge in [0.05, 0.1) is 0 Å². The summed E-state index contributed by atoms with van der Waals surface area (Å²) in [4.78, 5) is 0. The van der Waals surface area contributed by atoms with Gasteiger partial charge in [0.1, 0.15) is 0 Å². The van der Waals surface area contributed by atoms with Gasteiger partial charge >= 0.3 is 0 Å². The van der Waals surface area contributed by atoms with Crippen molar-refractivity contribution in [2.45, 2.75) is 45.2 Å². The summed E-state index contributed by atoms with van der Waals surface area (Å²) in [6.45, 7) is 4.42. The van der Waals surface area contributed by atoms with Gasteiger partial charge in [-0.3, -0.25) is 0 Å². The maximum absolute atomic E-state index is 5.04. The molecule has 0 atom stereocenters. The quantitative estimate of drug-likeness (QED) is 0.441. The van der Waals surface area contributed by atoms with Crippen LogP contribution in [0.5, 0.6) is 0 Å². The molecule has 0 aromatic carbocycles. The molecule has 0 aliphatic carbocycles. The van der Waals surface area contributed by atoms with Gasteiger partial charge in [-0.25, -0.2) is 0 Å². The first-order chi connectivity index (χ1) is 4.81. The normalized spacial score (nSPS) is 10.8. The molecule has 0 aliphatic heterocycles. The molecule has 0 aliphatic rings. The van der Waals surface area contributed by atoms with Gasteiger partial charge < -0.3 is 4.12 Å². The summed E-state index contributed by atoms with van der Waals surface area (Å²) in [6.07, 6.45) is 5.40. The molecule has 4 radical (unpaired) electrons. The molecule has 1 nitrogen and oxygen atoms in total. The maximum atomic E-state index is 5.04. The second kappa shape index (κ2) is 7.50. The summed E-state index contributed by atoms with van der Waals surface area (Å²) in [6, 6.07) is 1.27. The first-order valence-electron chi connectivity index (χ1n) is 3.97. The molecule has 0 heterocycles. The van der Waals surface area contributed by atoms with E-state index < -0.39 is 9.04 Å². The summed E-state index contributed by atoms with van der Waals surface area (Å²) in [5.41, 5.74) is 0. The predicted molar refractivity (Wildman–Crippen MR) is 47.4 cm³/mol. The van der Waals surface area contributed by atoms with Crippen LogP contribution in [0.4, 0.5) is 0 Å². The Balaban J connectivity index is 2.89. The second-order valence-corrected chi connectivity index (χ2v) is 5.34. The van der Waals surface area contributed by atoms with Crippen LogP contribution in [-0.4, -0.2) is 19.5 Å². The summed E-state index contributed by atoms with van der Waals surface area (Å²) in [5, 5.41) is 0. The van der Waals surface area contributed by atoms with Crippen LogP contribution in [0.25, 0.3) is 0 Å². The highest BCUT2D eigenvalue weighted by Gasteiger charge is 2.00. The Bertz CT molecular complexity index is 68.6. The van der Waals surface area contributed by atoms with Crippen molar-refractivity contribution in [2.24, 2.45) is 0 Å². The molecule has 0 spiro atoms. The molecular weight excluding hydrogens is 156 g/mol. The largest absolute Gasteiger partial charge is 0.457 e. The summed E-state index contributed by atoms with van der Waals surface area (Å²) >= 11 is 0. The molecule has 0 fully saturated rings. The number of unbranched alkanes of at least 4 members (excludes halogenated alkanes) is 3. The second-order valence-electron chi connectivity index (χ2n) is 2.61. The number of hydrogen-bond donors (Lipinski definition) is 0. The first kappa shape index (κ1) is 10.4. The third-order valence-corrected chi connectivity index (χ3v) is 4.01. The van der Waals surface area contributed by atoms with Gasteiger partial charge in [-0.2, -0.15) is 0 Å². The zero-order valence-corrected chi connectivity index (χ0v) is 8.94. The molecule has 58 valence electrons. The van der Waals surface area contributed by atoms with E-state index in [1.54, 1.807) is 0 Å². The smallest absolute Gasteiger partial charge is 0.229 e. The van der Waals surface area contributed by atoms with E-state index in [-0.39, 0.29) is 0 Å². The van der Waals surface area contributed by atoms with Crippen LogP contribution in [0.1, 0.15) is 32.6 Å². The van der Waals surface area contributed by atoms with Crippen LogP contribution in [0, 0.1) is 0 Å². The fraction of sp³-hybridized carbons (Fsp3) is 1.00. The van der Waals surface area contributed by atoms with Gasteiger partial charge in [0.2, 0.25) is 10.5 Å². The van der Waals surface area contributed by atoms with E-state index in [2.05, 4.69) is 24.0 Å². The first-order valence-corrected chi connectivity index (χ1v) is 6.49. The summed E-state index contributed by atoms with van der Waals surface area (Å²) in [5.74, 6) is 0. The molecule has 10 heavy (non-hydrogen) atoms. The van der Waals surface area contributed by atoms with E-state index in [0.29, 0.717) is 0 Å². The predicted octanol–water partition coefficient (Wildman–Crippen LogP) is 2.29. The zero-order valence-electron chi connectivity index (χ0n) is 6.94. The highest BCUT2D eigenvalue weighted by atomic mass is 28.3. The molecule has 0 amide bonds. The Morgan fingerprint density at radius 2 is 2.00 bits per heavy atom. The lowest BCUT2D eigenvalue weighted by Crippen LogP contribution is -2.09. The van der Waals surface area contributed by atoms with Crippen LogP contribution in [0.3, 0.4) is 0 Å². The Morgan fingerprint density at radius 3 is 2.50 bits per heavy atom. The standard InChI is InChI=1S/C7H16OSi2/c1-3-4-5-6-7-10(2)8-9/h3-7H2,1-2H3. The Kier molecular flexibility index (Phi) is 7.80. The van der Waals surface area contributed by atoms with Gasteiger partial charge in [-0.1, -0.05) is 32.6 Å². The van der Waals surface area contributed by atoms with Crippen molar-refractivity contribution < 1.29 is 4.12 Å². The minimum Gasteiger partial charge on any atom is -0.457 e. The molecule has 0 saturated carbocycles. The van der Waals surface area contributed by atoms with E-state index in [1.807, 2.05) is 0 Å². The van der Waals surface area contributed by atoms with E-state index in [9.17, 15) is 0 Å². The van der Waals surface area contributed by atoms with Gasteiger partial charge in [-0.05, 0) is 12.6 Å². The van der Waals surface area contributed by atoms with Crippen molar-refractivity contribution in [3.8, 4) is 0 Å². The van der Waals surface area contributed by atoms with E-state index in [4.69, 9.17) is 4.12 Å². The van der Waals surface area contributed by atoms with Gasteiger partial charge in [0, 0.05) is 0 Å². The Hall–Kier alpha value is 0.394. The van der Waals surface area contributed by atoms with Crippen molar-refractivity contribution in [2.75, 3.05) is 0 Å². The van der Waals surface area contributed by atoms with E-state index >= 15 is 0 Å². The SMILES string of the molecule is CCCCCC[Si](C)O[Si]. The third-order valence-electron chi connectivity index (χ3n) is 1.56. The van der Waals surface area contributed by atoms with E-state index in [1.165, 1.54) is 31.7 Å². The highest BCUT2D eigenvalue weighted by molar-refractivity contribution is 6.54. The van der Waals surface area contributed by atoms with Crippen molar-refractivity contribution in [3.63, 3.8) is 0 Å². The molecule has 0 aromatic rings. The lowest BCUT2D eigenvalue weighted by molar-refractivity contribution is 0.616. The molecule has 0 aromatic heterocycles. The van der Waals surface area contributed by atoms with Crippen LogP contribution < -0.4 is 0 Å². The topological polar surface area (TPSA) is 9.23 Å². The van der Waals surface area contributed by atoms with Gasteiger partial charge in [0.15, 0.2) is 9.04 Å².